The topological polar surface area (TPSA) is 109 Å². The zero-order valence-electron chi connectivity index (χ0n) is 20.9. The minimum absolute atomic E-state index is 0.0663. The molecule has 0 aliphatic heterocycles. The number of allylic oxidation sites excluding steroid dienone is 4. The molecular formula is C32H25ClO6. The molecular weight excluding hydrogens is 516 g/mol. The Bertz CT molecular complexity index is 1560. The molecule has 0 saturated heterocycles. The van der Waals surface area contributed by atoms with Crippen molar-refractivity contribution in [2.45, 2.75) is 31.6 Å². The average molecular weight is 541 g/mol. The number of carbonyl (C=O) groups is 4. The van der Waals surface area contributed by atoms with E-state index in [0.29, 0.717) is 28.2 Å². The van der Waals surface area contributed by atoms with Crippen LogP contribution >= 0.6 is 11.6 Å². The molecule has 0 amide bonds. The highest BCUT2D eigenvalue weighted by Crippen LogP contribution is 2.42. The van der Waals surface area contributed by atoms with Crippen molar-refractivity contribution < 1.29 is 29.4 Å². The van der Waals surface area contributed by atoms with Crippen LogP contribution in [0, 0.1) is 5.92 Å². The van der Waals surface area contributed by atoms with Crippen LogP contribution in [-0.2, 0) is 0 Å². The first-order valence-electron chi connectivity index (χ1n) is 12.7. The van der Waals surface area contributed by atoms with Crippen LogP contribution in [0.4, 0.5) is 0 Å². The maximum absolute atomic E-state index is 12.9. The zero-order valence-corrected chi connectivity index (χ0v) is 21.6. The summed E-state index contributed by atoms with van der Waals surface area (Å²) in [6.45, 7) is 0. The van der Waals surface area contributed by atoms with Gasteiger partial charge in [0.15, 0.2) is 23.1 Å². The molecule has 1 fully saturated rings. The van der Waals surface area contributed by atoms with Crippen molar-refractivity contribution in [1.29, 1.82) is 0 Å². The number of rotatable bonds is 2. The molecule has 39 heavy (non-hydrogen) atoms. The number of hydrogen-bond donors (Lipinski definition) is 2. The first kappa shape index (κ1) is 26.3. The van der Waals surface area contributed by atoms with Crippen LogP contribution in [0.3, 0.4) is 0 Å². The van der Waals surface area contributed by atoms with Crippen LogP contribution in [0.15, 0.2) is 96.0 Å². The molecule has 0 spiro atoms. The quantitative estimate of drug-likeness (QED) is 0.362. The lowest BCUT2D eigenvalue weighted by molar-refractivity contribution is 0.0914. The number of aliphatic hydroxyl groups is 2. The van der Waals surface area contributed by atoms with E-state index < -0.39 is 17.3 Å². The van der Waals surface area contributed by atoms with E-state index >= 15 is 0 Å². The van der Waals surface area contributed by atoms with Gasteiger partial charge in [-0.2, -0.15) is 0 Å². The molecule has 1 saturated carbocycles. The van der Waals surface area contributed by atoms with Crippen molar-refractivity contribution in [1.82, 2.24) is 0 Å². The minimum Gasteiger partial charge on any atom is -0.504 e. The number of halogens is 1. The number of ketones is 4. The van der Waals surface area contributed by atoms with Gasteiger partial charge >= 0.3 is 0 Å². The van der Waals surface area contributed by atoms with E-state index in [4.69, 9.17) is 16.7 Å². The minimum atomic E-state index is -0.491. The molecule has 0 atom stereocenters. The molecule has 0 unspecified atom stereocenters. The van der Waals surface area contributed by atoms with E-state index in [1.807, 2.05) is 12.1 Å². The number of aliphatic hydroxyl groups excluding tert-OH is 2. The van der Waals surface area contributed by atoms with Crippen molar-refractivity contribution in [2.24, 2.45) is 5.92 Å². The van der Waals surface area contributed by atoms with Crippen LogP contribution in [0.1, 0.15) is 78.6 Å². The third kappa shape index (κ3) is 5.08. The number of fused-ring (bicyclic) bond motifs is 2. The van der Waals surface area contributed by atoms with Crippen molar-refractivity contribution >= 4 is 34.7 Å². The van der Waals surface area contributed by atoms with E-state index in [2.05, 4.69) is 12.1 Å². The standard InChI is InChI=1S/C22H19ClO3.C10H6O3/c23-16-11-9-14(10-12-16)13-5-7-15(8-6-13)19-20(24)17-3-1-2-4-18(17)21(25)22(19)26;11-8-5-9(12)10(13)7-4-2-1-3-6(7)8/h1-4,9-13,15,26H,5-8H2;1-5,12H/t13-,15-;. The summed E-state index contributed by atoms with van der Waals surface area (Å²) in [5.41, 5.74) is 2.89. The van der Waals surface area contributed by atoms with E-state index in [1.54, 1.807) is 42.5 Å². The Kier molecular flexibility index (Phi) is 7.31. The van der Waals surface area contributed by atoms with Gasteiger partial charge in [0.25, 0.3) is 0 Å². The van der Waals surface area contributed by atoms with Gasteiger partial charge in [-0.3, -0.25) is 19.2 Å². The predicted molar refractivity (Wildman–Crippen MR) is 147 cm³/mol. The maximum Gasteiger partial charge on any atom is 0.228 e. The molecule has 0 aromatic heterocycles. The Balaban J connectivity index is 0.000000198. The first-order valence-corrected chi connectivity index (χ1v) is 13.1. The van der Waals surface area contributed by atoms with Gasteiger partial charge in [-0.05, 0) is 55.2 Å². The van der Waals surface area contributed by atoms with Gasteiger partial charge in [0.1, 0.15) is 0 Å². The van der Waals surface area contributed by atoms with Gasteiger partial charge in [-0.1, -0.05) is 72.3 Å². The number of benzene rings is 3. The van der Waals surface area contributed by atoms with Crippen LogP contribution in [0.5, 0.6) is 0 Å². The summed E-state index contributed by atoms with van der Waals surface area (Å²) in [4.78, 5) is 47.9. The summed E-state index contributed by atoms with van der Waals surface area (Å²) in [5, 5.41) is 20.2. The average Bonchev–Trinajstić information content (AvgIpc) is 2.96. The van der Waals surface area contributed by atoms with Crippen LogP contribution in [0.25, 0.3) is 0 Å². The van der Waals surface area contributed by atoms with Crippen molar-refractivity contribution in [2.75, 3.05) is 0 Å². The monoisotopic (exact) mass is 540 g/mol. The van der Waals surface area contributed by atoms with Crippen LogP contribution in [-0.4, -0.2) is 33.3 Å². The highest BCUT2D eigenvalue weighted by atomic mass is 35.5. The van der Waals surface area contributed by atoms with Gasteiger partial charge in [-0.15, -0.1) is 0 Å². The normalized spacial score (nSPS) is 20.5. The van der Waals surface area contributed by atoms with Gasteiger partial charge in [-0.25, -0.2) is 0 Å². The predicted octanol–water partition coefficient (Wildman–Crippen LogP) is 7.01. The Labute approximate surface area is 230 Å². The molecule has 7 heteroatoms. The van der Waals surface area contributed by atoms with Crippen LogP contribution < -0.4 is 0 Å². The summed E-state index contributed by atoms with van der Waals surface area (Å²) in [5.74, 6) is -1.94. The largest absolute Gasteiger partial charge is 0.504 e. The summed E-state index contributed by atoms with van der Waals surface area (Å²) >= 11 is 5.96. The molecule has 3 aromatic carbocycles. The molecule has 2 N–H and O–H groups in total. The lowest BCUT2D eigenvalue weighted by Gasteiger charge is -2.31. The fourth-order valence-electron chi connectivity index (χ4n) is 5.51. The third-order valence-corrected chi connectivity index (χ3v) is 7.80. The van der Waals surface area contributed by atoms with E-state index in [-0.39, 0.29) is 28.8 Å². The molecule has 196 valence electrons. The smallest absolute Gasteiger partial charge is 0.228 e. The first-order chi connectivity index (χ1) is 18.8. The number of carbonyl (C=O) groups excluding carboxylic acids is 4. The second-order valence-corrected chi connectivity index (χ2v) is 10.3. The Morgan fingerprint density at radius 1 is 0.590 bits per heavy atom. The lowest BCUT2D eigenvalue weighted by Crippen LogP contribution is -2.28. The molecule has 6 rings (SSSR count). The molecule has 3 aliphatic carbocycles. The molecule has 0 heterocycles. The van der Waals surface area contributed by atoms with Gasteiger partial charge < -0.3 is 10.2 Å². The summed E-state index contributed by atoms with van der Waals surface area (Å²) in [6.07, 6.45) is 4.37. The summed E-state index contributed by atoms with van der Waals surface area (Å²) < 4.78 is 0. The Morgan fingerprint density at radius 3 is 1.67 bits per heavy atom. The molecule has 0 bridgehead atoms. The van der Waals surface area contributed by atoms with Crippen molar-refractivity contribution in [3.63, 3.8) is 0 Å². The maximum atomic E-state index is 12.9. The number of hydrogen-bond acceptors (Lipinski definition) is 6. The molecule has 3 aromatic rings. The van der Waals surface area contributed by atoms with E-state index in [0.717, 1.165) is 36.8 Å². The Morgan fingerprint density at radius 2 is 1.08 bits per heavy atom. The summed E-state index contributed by atoms with van der Waals surface area (Å²) in [6, 6.07) is 21.1. The third-order valence-electron chi connectivity index (χ3n) is 7.55. The second kappa shape index (κ2) is 10.8. The van der Waals surface area contributed by atoms with Gasteiger partial charge in [0, 0.05) is 38.9 Å². The van der Waals surface area contributed by atoms with Gasteiger partial charge in [0.05, 0.1) is 0 Å². The molecule has 6 nitrogen and oxygen atoms in total. The van der Waals surface area contributed by atoms with Crippen LogP contribution in [0.2, 0.25) is 5.02 Å². The SMILES string of the molecule is O=C1C(O)=C([C@H]2CC[C@H](c3ccc(Cl)cc3)CC2)C(=O)c2ccccc21.O=C1C=C(O)C(=O)c2ccccc21. The highest BCUT2D eigenvalue weighted by molar-refractivity contribution is 6.30. The van der Waals surface area contributed by atoms with E-state index in [9.17, 15) is 24.3 Å². The van der Waals surface area contributed by atoms with Gasteiger partial charge in [0.2, 0.25) is 11.6 Å². The fourth-order valence-corrected chi connectivity index (χ4v) is 5.64. The zero-order chi connectivity index (χ0) is 27.7. The number of Topliss-reactive ketones (excluding diaryl/α,β-unsaturated/α-hetero) is 3. The Hall–Kier alpha value is -4.29. The van der Waals surface area contributed by atoms with Crippen molar-refractivity contribution in [3.05, 3.63) is 129 Å². The highest BCUT2D eigenvalue weighted by Gasteiger charge is 2.37. The molecule has 3 aliphatic rings. The van der Waals surface area contributed by atoms with E-state index in [1.165, 1.54) is 11.6 Å². The summed E-state index contributed by atoms with van der Waals surface area (Å²) in [7, 11) is 0. The fraction of sp³-hybridized carbons (Fsp3) is 0.188. The molecule has 0 radical (unpaired) electrons. The lowest BCUT2D eigenvalue weighted by atomic mass is 9.72. The second-order valence-electron chi connectivity index (χ2n) is 9.83. The van der Waals surface area contributed by atoms with Crippen molar-refractivity contribution in [3.8, 4) is 0 Å².